The minimum atomic E-state index is -0.411. The summed E-state index contributed by atoms with van der Waals surface area (Å²) in [6.07, 6.45) is 3.56. The molecule has 0 unspecified atom stereocenters. The number of carbonyl (C=O) groups is 1. The minimum Gasteiger partial charge on any atom is -0.354 e. The van der Waals surface area contributed by atoms with Gasteiger partial charge in [0.25, 0.3) is 0 Å². The first-order valence-electron chi connectivity index (χ1n) is 8.13. The lowest BCUT2D eigenvalue weighted by molar-refractivity contribution is -0.128. The molecule has 0 aromatic carbocycles. The zero-order valence-electron chi connectivity index (χ0n) is 15.3. The standard InChI is InChI=1S/C16H27N7OS/c1-12-13(23-11-22-12)9-25-8-7-20-15(21-10-17)19-6-5-18-14(24)16(2,3)4/h11H,5-9H2,1-4H3,(H,18,24)(H,22,23)(H2,19,20,21). The van der Waals surface area contributed by atoms with Crippen LogP contribution in [0.5, 0.6) is 0 Å². The summed E-state index contributed by atoms with van der Waals surface area (Å²) in [5, 5.41) is 17.1. The Labute approximate surface area is 153 Å². The number of rotatable bonds is 8. The number of imidazole rings is 1. The first-order chi connectivity index (χ1) is 11.8. The quantitative estimate of drug-likeness (QED) is 0.180. The van der Waals surface area contributed by atoms with Crippen molar-refractivity contribution >= 4 is 23.6 Å². The van der Waals surface area contributed by atoms with E-state index >= 15 is 0 Å². The summed E-state index contributed by atoms with van der Waals surface area (Å²) in [6, 6.07) is 0. The molecule has 8 nitrogen and oxygen atoms in total. The molecule has 138 valence electrons. The second-order valence-electron chi connectivity index (χ2n) is 6.43. The molecular formula is C16H27N7OS. The molecule has 0 radical (unpaired) electrons. The van der Waals surface area contributed by atoms with Crippen molar-refractivity contribution in [2.75, 3.05) is 25.4 Å². The molecule has 0 fully saturated rings. The average molecular weight is 366 g/mol. The van der Waals surface area contributed by atoms with Crippen LogP contribution in [0.2, 0.25) is 0 Å². The highest BCUT2D eigenvalue weighted by molar-refractivity contribution is 7.98. The number of nitriles is 1. The number of nitrogens with zero attached hydrogens (tertiary/aromatic N) is 3. The molecule has 9 heteroatoms. The van der Waals surface area contributed by atoms with E-state index < -0.39 is 5.41 Å². The third-order valence-corrected chi connectivity index (χ3v) is 4.19. The van der Waals surface area contributed by atoms with Gasteiger partial charge < -0.3 is 15.6 Å². The van der Waals surface area contributed by atoms with Crippen LogP contribution in [-0.4, -0.2) is 47.2 Å². The number of H-pyrrole nitrogens is 1. The summed E-state index contributed by atoms with van der Waals surface area (Å²) in [4.78, 5) is 23.4. The minimum absolute atomic E-state index is 0.00825. The fraction of sp³-hybridized carbons (Fsp3) is 0.625. The maximum Gasteiger partial charge on any atom is 0.225 e. The Morgan fingerprint density at radius 3 is 2.72 bits per heavy atom. The van der Waals surface area contributed by atoms with Gasteiger partial charge in [0.05, 0.1) is 18.6 Å². The van der Waals surface area contributed by atoms with E-state index in [0.717, 1.165) is 22.9 Å². The molecule has 25 heavy (non-hydrogen) atoms. The summed E-state index contributed by atoms with van der Waals surface area (Å²) >= 11 is 1.74. The maximum atomic E-state index is 11.8. The van der Waals surface area contributed by atoms with E-state index in [4.69, 9.17) is 5.26 Å². The van der Waals surface area contributed by atoms with Crippen molar-refractivity contribution in [3.8, 4) is 6.19 Å². The smallest absolute Gasteiger partial charge is 0.225 e. The number of hydrogen-bond donors (Lipinski definition) is 4. The normalized spacial score (nSPS) is 11.7. The van der Waals surface area contributed by atoms with Crippen LogP contribution in [0.15, 0.2) is 11.3 Å². The van der Waals surface area contributed by atoms with Crippen molar-refractivity contribution in [2.24, 2.45) is 10.4 Å². The second-order valence-corrected chi connectivity index (χ2v) is 7.53. The lowest BCUT2D eigenvalue weighted by Gasteiger charge is -2.17. The molecule has 0 bridgehead atoms. The Balaban J connectivity index is 2.26. The van der Waals surface area contributed by atoms with Gasteiger partial charge in [-0.15, -0.1) is 0 Å². The fourth-order valence-electron chi connectivity index (χ4n) is 1.74. The second kappa shape index (κ2) is 10.6. The Bertz CT molecular complexity index is 613. The average Bonchev–Trinajstić information content (AvgIpc) is 2.95. The van der Waals surface area contributed by atoms with Crippen molar-refractivity contribution in [3.05, 3.63) is 17.7 Å². The first kappa shape index (κ1) is 20.8. The number of aryl methyl sites for hydroxylation is 1. The molecule has 0 aliphatic heterocycles. The Morgan fingerprint density at radius 2 is 2.12 bits per heavy atom. The van der Waals surface area contributed by atoms with E-state index in [1.165, 1.54) is 0 Å². The number of carbonyl (C=O) groups excluding carboxylic acids is 1. The molecule has 0 spiro atoms. The van der Waals surface area contributed by atoms with E-state index in [2.05, 4.69) is 30.9 Å². The van der Waals surface area contributed by atoms with Crippen molar-refractivity contribution in [1.82, 2.24) is 25.9 Å². The van der Waals surface area contributed by atoms with Crippen LogP contribution < -0.4 is 16.0 Å². The van der Waals surface area contributed by atoms with Gasteiger partial charge in [0.1, 0.15) is 0 Å². The van der Waals surface area contributed by atoms with Crippen molar-refractivity contribution in [2.45, 2.75) is 33.4 Å². The van der Waals surface area contributed by atoms with Crippen molar-refractivity contribution in [3.63, 3.8) is 0 Å². The third-order valence-electron chi connectivity index (χ3n) is 3.24. The van der Waals surface area contributed by atoms with Crippen LogP contribution in [0.4, 0.5) is 0 Å². The predicted octanol–water partition coefficient (Wildman–Crippen LogP) is 1.13. The van der Waals surface area contributed by atoms with E-state index in [1.807, 2.05) is 33.9 Å². The highest BCUT2D eigenvalue weighted by Gasteiger charge is 2.20. The van der Waals surface area contributed by atoms with Gasteiger partial charge in [-0.1, -0.05) is 20.8 Å². The summed E-state index contributed by atoms with van der Waals surface area (Å²) in [5.74, 6) is 2.07. The molecule has 4 N–H and O–H groups in total. The highest BCUT2D eigenvalue weighted by Crippen LogP contribution is 2.12. The van der Waals surface area contributed by atoms with Gasteiger partial charge >= 0.3 is 0 Å². The number of thioether (sulfide) groups is 1. The third kappa shape index (κ3) is 8.44. The Hall–Kier alpha value is -2.21. The number of nitrogens with one attached hydrogen (secondary N) is 4. The molecule has 0 saturated heterocycles. The molecule has 0 aliphatic rings. The Kier molecular flexibility index (Phi) is 8.84. The summed E-state index contributed by atoms with van der Waals surface area (Å²) in [6.45, 7) is 9.13. The SMILES string of the molecule is Cc1[nH]cnc1CSCCN=C(NC#N)NCCNC(=O)C(C)(C)C. The molecule has 1 rings (SSSR count). The number of aromatic nitrogens is 2. The molecular weight excluding hydrogens is 338 g/mol. The number of aliphatic imine (C=N–C) groups is 1. The zero-order chi connectivity index (χ0) is 18.7. The summed E-state index contributed by atoms with van der Waals surface area (Å²) in [7, 11) is 0. The van der Waals surface area contributed by atoms with E-state index in [-0.39, 0.29) is 5.91 Å². The number of hydrogen-bond acceptors (Lipinski definition) is 5. The van der Waals surface area contributed by atoms with Gasteiger partial charge in [-0.05, 0) is 6.92 Å². The lowest BCUT2D eigenvalue weighted by atomic mass is 9.96. The number of aromatic amines is 1. The van der Waals surface area contributed by atoms with E-state index in [9.17, 15) is 4.79 Å². The molecule has 1 amide bonds. The van der Waals surface area contributed by atoms with Crippen LogP contribution in [-0.2, 0) is 10.5 Å². The zero-order valence-corrected chi connectivity index (χ0v) is 16.1. The van der Waals surface area contributed by atoms with Gasteiger partial charge in [0, 0.05) is 35.7 Å². The van der Waals surface area contributed by atoms with Crippen molar-refractivity contribution in [1.29, 1.82) is 5.26 Å². The van der Waals surface area contributed by atoms with Gasteiger partial charge in [0.15, 0.2) is 6.19 Å². The van der Waals surface area contributed by atoms with Gasteiger partial charge in [-0.25, -0.2) is 4.98 Å². The Morgan fingerprint density at radius 1 is 1.40 bits per heavy atom. The van der Waals surface area contributed by atoms with Crippen LogP contribution in [0.25, 0.3) is 0 Å². The largest absolute Gasteiger partial charge is 0.354 e. The molecule has 0 atom stereocenters. The molecule has 0 aliphatic carbocycles. The lowest BCUT2D eigenvalue weighted by Crippen LogP contribution is -2.42. The fourth-order valence-corrected chi connectivity index (χ4v) is 2.59. The van der Waals surface area contributed by atoms with Crippen LogP contribution in [0.1, 0.15) is 32.2 Å². The van der Waals surface area contributed by atoms with Gasteiger partial charge in [-0.3, -0.25) is 15.1 Å². The molecule has 0 saturated carbocycles. The molecule has 1 heterocycles. The highest BCUT2D eigenvalue weighted by atomic mass is 32.2. The van der Waals surface area contributed by atoms with Crippen molar-refractivity contribution < 1.29 is 4.79 Å². The van der Waals surface area contributed by atoms with Crippen LogP contribution in [0.3, 0.4) is 0 Å². The summed E-state index contributed by atoms with van der Waals surface area (Å²) < 4.78 is 0. The monoisotopic (exact) mass is 365 g/mol. The maximum absolute atomic E-state index is 11.8. The van der Waals surface area contributed by atoms with E-state index in [1.54, 1.807) is 18.1 Å². The van der Waals surface area contributed by atoms with Crippen LogP contribution >= 0.6 is 11.8 Å². The van der Waals surface area contributed by atoms with Gasteiger partial charge in [-0.2, -0.15) is 17.0 Å². The topological polar surface area (TPSA) is 118 Å². The number of guanidine groups is 1. The molecule has 1 aromatic heterocycles. The summed E-state index contributed by atoms with van der Waals surface area (Å²) in [5.41, 5.74) is 1.73. The first-order valence-corrected chi connectivity index (χ1v) is 9.28. The van der Waals surface area contributed by atoms with Gasteiger partial charge in [0.2, 0.25) is 11.9 Å². The predicted molar refractivity (Wildman–Crippen MR) is 101 cm³/mol. The van der Waals surface area contributed by atoms with E-state index in [0.29, 0.717) is 25.6 Å². The van der Waals surface area contributed by atoms with Crippen LogP contribution in [0, 0.1) is 23.8 Å². The number of amides is 1. The molecule has 1 aromatic rings.